The zero-order valence-electron chi connectivity index (χ0n) is 15.9. The molecule has 0 atom stereocenters. The Morgan fingerprint density at radius 2 is 2.11 bits per heavy atom. The van der Waals surface area contributed by atoms with E-state index in [9.17, 15) is 8.78 Å². The van der Waals surface area contributed by atoms with Crippen molar-refractivity contribution >= 4 is 5.96 Å². The highest BCUT2D eigenvalue weighted by molar-refractivity contribution is 5.80. The second-order valence-corrected chi connectivity index (χ2v) is 6.50. The van der Waals surface area contributed by atoms with E-state index in [4.69, 9.17) is 9.26 Å². The minimum atomic E-state index is -2.48. The van der Waals surface area contributed by atoms with Crippen LogP contribution in [-0.4, -0.2) is 67.2 Å². The van der Waals surface area contributed by atoms with Crippen LogP contribution in [0.2, 0.25) is 0 Å². The van der Waals surface area contributed by atoms with Crippen molar-refractivity contribution in [3.8, 4) is 5.75 Å². The first-order valence-electron chi connectivity index (χ1n) is 9.21. The molecule has 9 heteroatoms. The predicted molar refractivity (Wildman–Crippen MR) is 101 cm³/mol. The molecule has 1 aliphatic heterocycles. The van der Waals surface area contributed by atoms with Crippen LogP contribution in [0.5, 0.6) is 5.75 Å². The van der Waals surface area contributed by atoms with Gasteiger partial charge in [0.2, 0.25) is 0 Å². The largest absolute Gasteiger partial charge is 0.488 e. The number of hydrogen-bond donors (Lipinski definition) is 1. The van der Waals surface area contributed by atoms with Crippen LogP contribution in [0.4, 0.5) is 8.78 Å². The van der Waals surface area contributed by atoms with Crippen LogP contribution >= 0.6 is 0 Å². The molecular formula is C19H25F2N5O2. The van der Waals surface area contributed by atoms with Crippen LogP contribution < -0.4 is 10.1 Å². The zero-order chi connectivity index (χ0) is 19.8. The van der Waals surface area contributed by atoms with Crippen molar-refractivity contribution in [2.45, 2.75) is 19.5 Å². The van der Waals surface area contributed by atoms with Crippen molar-refractivity contribution in [2.24, 2.45) is 4.99 Å². The first-order valence-corrected chi connectivity index (χ1v) is 9.21. The molecule has 0 aliphatic carbocycles. The summed E-state index contributed by atoms with van der Waals surface area (Å²) in [6.45, 7) is 4.25. The Hall–Kier alpha value is -2.68. The molecule has 0 saturated carbocycles. The molecule has 0 amide bonds. The van der Waals surface area contributed by atoms with Crippen molar-refractivity contribution < 1.29 is 18.0 Å². The van der Waals surface area contributed by atoms with Gasteiger partial charge < -0.3 is 19.5 Å². The summed E-state index contributed by atoms with van der Waals surface area (Å²) < 4.78 is 34.5. The van der Waals surface area contributed by atoms with Crippen molar-refractivity contribution in [3.63, 3.8) is 0 Å². The predicted octanol–water partition coefficient (Wildman–Crippen LogP) is 2.21. The highest BCUT2D eigenvalue weighted by Crippen LogP contribution is 2.14. The Balaban J connectivity index is 1.47. The second-order valence-electron chi connectivity index (χ2n) is 6.50. The summed E-state index contributed by atoms with van der Waals surface area (Å²) in [5, 5.41) is 7.29. The molecule has 1 fully saturated rings. The number of guanidine groups is 1. The van der Waals surface area contributed by atoms with Crippen molar-refractivity contribution in [1.29, 1.82) is 0 Å². The van der Waals surface area contributed by atoms with Gasteiger partial charge in [-0.15, -0.1) is 0 Å². The third kappa shape index (κ3) is 5.91. The van der Waals surface area contributed by atoms with E-state index in [1.165, 1.54) is 0 Å². The average Bonchev–Trinajstić information content (AvgIpc) is 3.21. The van der Waals surface area contributed by atoms with E-state index in [1.54, 1.807) is 31.5 Å². The number of piperazine rings is 1. The van der Waals surface area contributed by atoms with Gasteiger partial charge in [-0.25, -0.2) is 8.78 Å². The normalized spacial score (nSPS) is 15.9. The van der Waals surface area contributed by atoms with Gasteiger partial charge in [-0.3, -0.25) is 9.89 Å². The maximum Gasteiger partial charge on any atom is 0.272 e. The molecule has 28 heavy (non-hydrogen) atoms. The molecule has 1 aromatic heterocycles. The third-order valence-electron chi connectivity index (χ3n) is 4.49. The molecule has 1 saturated heterocycles. The number of aromatic nitrogens is 1. The van der Waals surface area contributed by atoms with Gasteiger partial charge in [-0.1, -0.05) is 17.3 Å². The standard InChI is InChI=1S/C19H25F2N5O2/c1-22-19(23-12-15-3-2-4-17(11-15)27-14-18(20)21)26-8-6-25(7-9-26)13-16-5-10-28-24-16/h2-5,10-11,18H,6-9,12-14H2,1H3,(H,22,23). The lowest BCUT2D eigenvalue weighted by molar-refractivity contribution is 0.0818. The second kappa shape index (κ2) is 10.0. The molecular weight excluding hydrogens is 368 g/mol. The maximum absolute atomic E-state index is 12.3. The first-order chi connectivity index (χ1) is 13.6. The van der Waals surface area contributed by atoms with Crippen molar-refractivity contribution in [1.82, 2.24) is 20.3 Å². The fourth-order valence-corrected chi connectivity index (χ4v) is 3.08. The van der Waals surface area contributed by atoms with Gasteiger partial charge in [-0.05, 0) is 17.7 Å². The first kappa shape index (κ1) is 20.1. The molecule has 3 rings (SSSR count). The molecule has 1 N–H and O–H groups in total. The Labute approximate surface area is 163 Å². The quantitative estimate of drug-likeness (QED) is 0.575. The van der Waals surface area contributed by atoms with Crippen LogP contribution in [0.3, 0.4) is 0 Å². The van der Waals surface area contributed by atoms with E-state index < -0.39 is 13.0 Å². The number of ether oxygens (including phenoxy) is 1. The van der Waals surface area contributed by atoms with Crippen LogP contribution in [0.15, 0.2) is 46.1 Å². The monoisotopic (exact) mass is 393 g/mol. The summed E-state index contributed by atoms with van der Waals surface area (Å²) in [6, 6.07) is 9.04. The number of nitrogens with zero attached hydrogens (tertiary/aromatic N) is 4. The molecule has 0 bridgehead atoms. The van der Waals surface area contributed by atoms with Gasteiger partial charge in [-0.2, -0.15) is 0 Å². The Morgan fingerprint density at radius 1 is 1.29 bits per heavy atom. The number of halogens is 2. The van der Waals surface area contributed by atoms with Crippen LogP contribution in [-0.2, 0) is 13.1 Å². The maximum atomic E-state index is 12.3. The van der Waals surface area contributed by atoms with Gasteiger partial charge >= 0.3 is 0 Å². The summed E-state index contributed by atoms with van der Waals surface area (Å²) in [4.78, 5) is 8.89. The lowest BCUT2D eigenvalue weighted by atomic mass is 10.2. The number of hydrogen-bond acceptors (Lipinski definition) is 5. The van der Waals surface area contributed by atoms with Gasteiger partial charge in [0.25, 0.3) is 6.43 Å². The molecule has 152 valence electrons. The SMILES string of the molecule is CN=C(NCc1cccc(OCC(F)F)c1)N1CCN(Cc2ccon2)CC1. The molecule has 1 aliphatic rings. The highest BCUT2D eigenvalue weighted by atomic mass is 19.3. The van der Waals surface area contributed by atoms with Crippen molar-refractivity contribution in [3.05, 3.63) is 47.9 Å². The van der Waals surface area contributed by atoms with Gasteiger partial charge in [0, 0.05) is 52.4 Å². The van der Waals surface area contributed by atoms with Crippen LogP contribution in [0, 0.1) is 0 Å². The Morgan fingerprint density at radius 3 is 2.79 bits per heavy atom. The third-order valence-corrected chi connectivity index (χ3v) is 4.49. The fraction of sp³-hybridized carbons (Fsp3) is 0.474. The topological polar surface area (TPSA) is 66.1 Å². The number of aliphatic imine (C=N–C) groups is 1. The van der Waals surface area contributed by atoms with E-state index in [-0.39, 0.29) is 0 Å². The molecule has 0 spiro atoms. The zero-order valence-corrected chi connectivity index (χ0v) is 15.9. The van der Waals surface area contributed by atoms with Gasteiger partial charge in [0.1, 0.15) is 18.6 Å². The summed E-state index contributed by atoms with van der Waals surface area (Å²) in [6.07, 6.45) is -0.895. The Bertz CT molecular complexity index is 747. The minimum absolute atomic E-state index is 0.441. The molecule has 2 heterocycles. The summed E-state index contributed by atoms with van der Waals surface area (Å²) >= 11 is 0. The van der Waals surface area contributed by atoms with Crippen LogP contribution in [0.1, 0.15) is 11.3 Å². The van der Waals surface area contributed by atoms with E-state index in [0.29, 0.717) is 12.3 Å². The van der Waals surface area contributed by atoms with Gasteiger partial charge in [0.05, 0.1) is 5.69 Å². The lowest BCUT2D eigenvalue weighted by Crippen LogP contribution is -2.52. The van der Waals surface area contributed by atoms with E-state index >= 15 is 0 Å². The van der Waals surface area contributed by atoms with E-state index in [0.717, 1.165) is 49.9 Å². The van der Waals surface area contributed by atoms with E-state index in [1.807, 2.05) is 12.1 Å². The number of benzene rings is 1. The number of rotatable bonds is 7. The van der Waals surface area contributed by atoms with Crippen molar-refractivity contribution in [2.75, 3.05) is 39.8 Å². The summed E-state index contributed by atoms with van der Waals surface area (Å²) in [7, 11) is 1.76. The molecule has 0 unspecified atom stereocenters. The minimum Gasteiger partial charge on any atom is -0.488 e. The molecule has 1 aromatic carbocycles. The smallest absolute Gasteiger partial charge is 0.272 e. The average molecular weight is 393 g/mol. The lowest BCUT2D eigenvalue weighted by Gasteiger charge is -2.36. The Kier molecular flexibility index (Phi) is 7.18. The van der Waals surface area contributed by atoms with Crippen LogP contribution in [0.25, 0.3) is 0 Å². The fourth-order valence-electron chi connectivity index (χ4n) is 3.08. The highest BCUT2D eigenvalue weighted by Gasteiger charge is 2.20. The molecule has 0 radical (unpaired) electrons. The summed E-state index contributed by atoms with van der Waals surface area (Å²) in [5.41, 5.74) is 1.88. The molecule has 7 nitrogen and oxygen atoms in total. The van der Waals surface area contributed by atoms with E-state index in [2.05, 4.69) is 25.3 Å². The molecule has 2 aromatic rings. The number of nitrogens with one attached hydrogen (secondary N) is 1. The number of alkyl halides is 2. The summed E-state index contributed by atoms with van der Waals surface area (Å²) in [5.74, 6) is 1.26. The van der Waals surface area contributed by atoms with Gasteiger partial charge in [0.15, 0.2) is 5.96 Å².